The van der Waals surface area contributed by atoms with Gasteiger partial charge in [-0.05, 0) is 79.6 Å². The Kier molecular flexibility index (Phi) is 4.12. The van der Waals surface area contributed by atoms with Gasteiger partial charge in [0, 0.05) is 15.7 Å². The summed E-state index contributed by atoms with van der Waals surface area (Å²) in [5.41, 5.74) is 1.74. The Morgan fingerprint density at radius 2 is 1.46 bits per heavy atom. The average Bonchev–Trinajstić information content (AvgIpc) is 3.38. The lowest BCUT2D eigenvalue weighted by Crippen LogP contribution is -2.32. The zero-order chi connectivity index (χ0) is 19.4. The predicted molar refractivity (Wildman–Crippen MR) is 109 cm³/mol. The van der Waals surface area contributed by atoms with Gasteiger partial charge >= 0.3 is 0 Å². The largest absolute Gasteiger partial charge is 0.322 e. The number of nitrogens with zero attached hydrogens (tertiary/aromatic N) is 1. The molecule has 3 fully saturated rings. The van der Waals surface area contributed by atoms with Crippen LogP contribution in [0.4, 0.5) is 11.4 Å². The normalized spacial score (nSPS) is 28.0. The van der Waals surface area contributed by atoms with Crippen molar-refractivity contribution in [1.29, 1.82) is 0 Å². The molecule has 1 N–H and O–H groups in total. The fourth-order valence-corrected chi connectivity index (χ4v) is 5.43. The van der Waals surface area contributed by atoms with Gasteiger partial charge in [0.25, 0.3) is 5.91 Å². The average molecular weight is 439 g/mol. The molecule has 1 aliphatic heterocycles. The van der Waals surface area contributed by atoms with Crippen LogP contribution in [0.3, 0.4) is 0 Å². The van der Waals surface area contributed by atoms with Crippen molar-refractivity contribution >= 4 is 45.0 Å². The molecule has 0 spiro atoms. The van der Waals surface area contributed by atoms with Crippen molar-refractivity contribution in [1.82, 2.24) is 0 Å². The van der Waals surface area contributed by atoms with E-state index in [1.54, 1.807) is 24.3 Å². The van der Waals surface area contributed by atoms with Gasteiger partial charge in [-0.25, -0.2) is 0 Å². The first-order valence-electron chi connectivity index (χ1n) is 9.58. The number of hydrogen-bond donors (Lipinski definition) is 1. The maximum atomic E-state index is 12.9. The lowest BCUT2D eigenvalue weighted by atomic mass is 9.81. The first kappa shape index (κ1) is 17.6. The SMILES string of the molecule is O=C(Nc1ccc(Br)cc1)c1ccc(N2C(=O)C3C4CCC(C4)C3C2=O)cc1. The minimum Gasteiger partial charge on any atom is -0.322 e. The van der Waals surface area contributed by atoms with Gasteiger partial charge in [-0.1, -0.05) is 15.9 Å². The standard InChI is InChI=1S/C22H19BrN2O3/c23-15-5-7-16(8-6-15)24-20(26)12-3-9-17(10-4-12)25-21(27)18-13-1-2-14(11-13)19(18)22(25)28/h3-10,13-14,18-19H,1-2,11H2,(H,24,26). The molecule has 5 nitrogen and oxygen atoms in total. The van der Waals surface area contributed by atoms with Crippen LogP contribution in [0.2, 0.25) is 0 Å². The van der Waals surface area contributed by atoms with Crippen LogP contribution in [0.25, 0.3) is 0 Å². The molecule has 28 heavy (non-hydrogen) atoms. The molecular formula is C22H19BrN2O3. The summed E-state index contributed by atoms with van der Waals surface area (Å²) in [5.74, 6) is 0.115. The van der Waals surface area contributed by atoms with Crippen molar-refractivity contribution < 1.29 is 14.4 Å². The summed E-state index contributed by atoms with van der Waals surface area (Å²) in [6.45, 7) is 0. The van der Waals surface area contributed by atoms with E-state index in [0.717, 1.165) is 23.7 Å². The summed E-state index contributed by atoms with van der Waals surface area (Å²) >= 11 is 3.36. The summed E-state index contributed by atoms with van der Waals surface area (Å²) in [5, 5.41) is 2.84. The molecule has 2 aromatic rings. The van der Waals surface area contributed by atoms with E-state index in [9.17, 15) is 14.4 Å². The molecule has 4 atom stereocenters. The van der Waals surface area contributed by atoms with E-state index in [-0.39, 0.29) is 29.6 Å². The Labute approximate surface area is 171 Å². The Hall–Kier alpha value is -2.47. The lowest BCUT2D eigenvalue weighted by molar-refractivity contribution is -0.123. The second-order valence-corrected chi connectivity index (χ2v) is 8.82. The number of amides is 3. The van der Waals surface area contributed by atoms with Crippen LogP contribution in [0.15, 0.2) is 53.0 Å². The van der Waals surface area contributed by atoms with Crippen molar-refractivity contribution in [2.45, 2.75) is 19.3 Å². The quantitative estimate of drug-likeness (QED) is 0.728. The third-order valence-electron chi connectivity index (χ3n) is 6.42. The molecular weight excluding hydrogens is 420 g/mol. The van der Waals surface area contributed by atoms with Gasteiger partial charge < -0.3 is 5.32 Å². The Balaban J connectivity index is 1.34. The number of hydrogen-bond acceptors (Lipinski definition) is 3. The van der Waals surface area contributed by atoms with Crippen LogP contribution < -0.4 is 10.2 Å². The summed E-state index contributed by atoms with van der Waals surface area (Å²) in [4.78, 5) is 39.6. The molecule has 2 bridgehead atoms. The molecule has 3 amide bonds. The fraction of sp³-hybridized carbons (Fsp3) is 0.318. The number of nitrogens with one attached hydrogen (secondary N) is 1. The van der Waals surface area contributed by atoms with Gasteiger partial charge in [0.05, 0.1) is 17.5 Å². The number of carbonyl (C=O) groups excluding carboxylic acids is 3. The molecule has 0 radical (unpaired) electrons. The van der Waals surface area contributed by atoms with Crippen LogP contribution in [0.5, 0.6) is 0 Å². The van der Waals surface area contributed by atoms with Crippen molar-refractivity contribution in [3.63, 3.8) is 0 Å². The van der Waals surface area contributed by atoms with Gasteiger partial charge in [0.2, 0.25) is 11.8 Å². The summed E-state index contributed by atoms with van der Waals surface area (Å²) < 4.78 is 0.938. The number of imide groups is 1. The summed E-state index contributed by atoms with van der Waals surface area (Å²) in [7, 11) is 0. The zero-order valence-corrected chi connectivity index (χ0v) is 16.7. The van der Waals surface area contributed by atoms with Gasteiger partial charge in [0.1, 0.15) is 0 Å². The number of fused-ring (bicyclic) bond motifs is 5. The third kappa shape index (κ3) is 2.70. The molecule has 5 rings (SSSR count). The molecule has 0 aromatic heterocycles. The smallest absolute Gasteiger partial charge is 0.255 e. The van der Waals surface area contributed by atoms with E-state index in [2.05, 4.69) is 21.2 Å². The van der Waals surface area contributed by atoms with Crippen molar-refractivity contribution in [2.24, 2.45) is 23.7 Å². The number of halogens is 1. The summed E-state index contributed by atoms with van der Waals surface area (Å²) in [6, 6.07) is 14.0. The van der Waals surface area contributed by atoms with E-state index in [1.165, 1.54) is 4.90 Å². The third-order valence-corrected chi connectivity index (χ3v) is 6.95. The Morgan fingerprint density at radius 1 is 0.893 bits per heavy atom. The maximum Gasteiger partial charge on any atom is 0.255 e. The highest BCUT2D eigenvalue weighted by atomic mass is 79.9. The van der Waals surface area contributed by atoms with E-state index >= 15 is 0 Å². The highest BCUT2D eigenvalue weighted by molar-refractivity contribution is 9.10. The van der Waals surface area contributed by atoms with Crippen LogP contribution in [0.1, 0.15) is 29.6 Å². The molecule has 1 saturated heterocycles. The van der Waals surface area contributed by atoms with Crippen molar-refractivity contribution in [3.05, 3.63) is 58.6 Å². The lowest BCUT2D eigenvalue weighted by Gasteiger charge is -2.19. The van der Waals surface area contributed by atoms with E-state index in [4.69, 9.17) is 0 Å². The molecule has 2 aliphatic carbocycles. The topological polar surface area (TPSA) is 66.5 Å². The van der Waals surface area contributed by atoms with Gasteiger partial charge in [-0.3, -0.25) is 19.3 Å². The zero-order valence-electron chi connectivity index (χ0n) is 15.1. The molecule has 3 aliphatic rings. The minimum absolute atomic E-state index is 0.0609. The Morgan fingerprint density at radius 3 is 2.04 bits per heavy atom. The molecule has 142 valence electrons. The predicted octanol–water partition coefficient (Wildman–Crippen LogP) is 4.24. The van der Waals surface area contributed by atoms with E-state index in [0.29, 0.717) is 28.8 Å². The summed E-state index contributed by atoms with van der Waals surface area (Å²) in [6.07, 6.45) is 3.15. The number of anilines is 2. The molecule has 2 aromatic carbocycles. The molecule has 6 heteroatoms. The van der Waals surface area contributed by atoms with Gasteiger partial charge in [-0.2, -0.15) is 0 Å². The molecule has 4 unspecified atom stereocenters. The van der Waals surface area contributed by atoms with Crippen molar-refractivity contribution in [2.75, 3.05) is 10.2 Å². The number of rotatable bonds is 3. The first-order chi connectivity index (χ1) is 13.5. The number of carbonyl (C=O) groups is 3. The monoisotopic (exact) mass is 438 g/mol. The van der Waals surface area contributed by atoms with Gasteiger partial charge in [-0.15, -0.1) is 0 Å². The maximum absolute atomic E-state index is 12.9. The van der Waals surface area contributed by atoms with Crippen LogP contribution in [-0.2, 0) is 9.59 Å². The second kappa shape index (κ2) is 6.55. The van der Waals surface area contributed by atoms with Crippen LogP contribution in [-0.4, -0.2) is 17.7 Å². The highest BCUT2D eigenvalue weighted by Crippen LogP contribution is 2.56. The van der Waals surface area contributed by atoms with Crippen LogP contribution >= 0.6 is 15.9 Å². The first-order valence-corrected chi connectivity index (χ1v) is 10.4. The number of benzene rings is 2. The van der Waals surface area contributed by atoms with Crippen molar-refractivity contribution in [3.8, 4) is 0 Å². The molecule has 2 saturated carbocycles. The second-order valence-electron chi connectivity index (χ2n) is 7.90. The van der Waals surface area contributed by atoms with Crippen LogP contribution in [0, 0.1) is 23.7 Å². The minimum atomic E-state index is -0.233. The Bertz CT molecular complexity index is 942. The van der Waals surface area contributed by atoms with Gasteiger partial charge in [0.15, 0.2) is 0 Å². The highest BCUT2D eigenvalue weighted by Gasteiger charge is 2.61. The fourth-order valence-electron chi connectivity index (χ4n) is 5.16. The van der Waals surface area contributed by atoms with E-state index < -0.39 is 0 Å². The molecule has 1 heterocycles. The van der Waals surface area contributed by atoms with E-state index in [1.807, 2.05) is 24.3 Å².